The molecule has 0 unspecified atom stereocenters. The number of sulfonamides is 1. The topological polar surface area (TPSA) is 72.2 Å². The lowest BCUT2D eigenvalue weighted by Gasteiger charge is -2.29. The average Bonchev–Trinajstić information content (AvgIpc) is 2.40. The molecule has 0 amide bonds. The summed E-state index contributed by atoms with van der Waals surface area (Å²) >= 11 is 5.55. The van der Waals surface area contributed by atoms with E-state index in [2.05, 4.69) is 4.72 Å². The molecule has 0 aliphatic heterocycles. The van der Waals surface area contributed by atoms with Crippen LogP contribution in [0, 0.1) is 0 Å². The van der Waals surface area contributed by atoms with Crippen molar-refractivity contribution in [3.63, 3.8) is 0 Å². The Balaban J connectivity index is 2.37. The second kappa shape index (κ2) is 6.35. The van der Waals surface area contributed by atoms with Gasteiger partial charge in [-0.3, -0.25) is 0 Å². The summed E-state index contributed by atoms with van der Waals surface area (Å²) in [4.78, 5) is -0.831. The summed E-state index contributed by atoms with van der Waals surface area (Å²) in [7, 11) is -4.33. The van der Waals surface area contributed by atoms with Gasteiger partial charge in [0.15, 0.2) is 0 Å². The Morgan fingerprint density at radius 3 is 2.45 bits per heavy atom. The first-order valence-corrected chi connectivity index (χ1v) is 8.62. The van der Waals surface area contributed by atoms with Gasteiger partial charge in [-0.15, -0.1) is 0 Å². The smallest absolute Gasteiger partial charge is 0.326 e. The Kier molecular flexibility index (Phi) is 5.06. The molecule has 1 saturated carbocycles. The lowest BCUT2D eigenvalue weighted by molar-refractivity contribution is -0.139. The first-order chi connectivity index (χ1) is 10.1. The van der Waals surface area contributed by atoms with Gasteiger partial charge in [0.05, 0.1) is 10.5 Å². The number of halogens is 4. The quantitative estimate of drug-likeness (QED) is 0.874. The van der Waals surface area contributed by atoms with Crippen LogP contribution in [0.5, 0.6) is 0 Å². The first kappa shape index (κ1) is 17.5. The zero-order chi connectivity index (χ0) is 16.5. The summed E-state index contributed by atoms with van der Waals surface area (Å²) in [6, 6.07) is 1.63. The maximum absolute atomic E-state index is 13.0. The zero-order valence-corrected chi connectivity index (χ0v) is 13.1. The summed E-state index contributed by atoms with van der Waals surface area (Å²) in [5.41, 5.74) is 4.56. The molecule has 0 aromatic heterocycles. The molecule has 0 bridgehead atoms. The molecule has 1 aromatic carbocycles. The number of nitrogens with one attached hydrogen (secondary N) is 1. The fourth-order valence-corrected chi connectivity index (χ4v) is 4.23. The van der Waals surface area contributed by atoms with E-state index in [1.54, 1.807) is 0 Å². The maximum Gasteiger partial charge on any atom is 0.417 e. The molecule has 9 heteroatoms. The van der Waals surface area contributed by atoms with Crippen LogP contribution < -0.4 is 10.5 Å². The Hall–Kier alpha value is -0.830. The number of hydrogen-bond donors (Lipinski definition) is 2. The fourth-order valence-electron chi connectivity index (χ4n) is 2.53. The van der Waals surface area contributed by atoms with Gasteiger partial charge in [0, 0.05) is 17.1 Å². The Morgan fingerprint density at radius 2 is 1.86 bits per heavy atom. The normalized spacial score (nSPS) is 23.5. The lowest BCUT2D eigenvalue weighted by Crippen LogP contribution is -2.49. The molecule has 1 aliphatic rings. The van der Waals surface area contributed by atoms with E-state index in [0.29, 0.717) is 18.9 Å². The van der Waals surface area contributed by atoms with Crippen LogP contribution >= 0.6 is 11.6 Å². The fraction of sp³-hybridized carbons (Fsp3) is 0.538. The molecular weight excluding hydrogens is 341 g/mol. The van der Waals surface area contributed by atoms with Gasteiger partial charge >= 0.3 is 6.18 Å². The molecule has 124 valence electrons. The standard InChI is InChI=1S/C13H16ClF3N2O2S/c14-8-5-6-12(9(7-8)13(15,16)17)22(20,21)19-11-4-2-1-3-10(11)18/h5-7,10-11,19H,1-4,18H2/t10-,11-/m1/s1. The molecule has 22 heavy (non-hydrogen) atoms. The number of benzene rings is 1. The summed E-state index contributed by atoms with van der Waals surface area (Å²) in [6.45, 7) is 0. The molecule has 0 radical (unpaired) electrons. The molecule has 2 atom stereocenters. The Morgan fingerprint density at radius 1 is 1.23 bits per heavy atom. The molecule has 0 saturated heterocycles. The highest BCUT2D eigenvalue weighted by Crippen LogP contribution is 2.36. The first-order valence-electron chi connectivity index (χ1n) is 6.76. The highest BCUT2D eigenvalue weighted by molar-refractivity contribution is 7.89. The molecule has 4 nitrogen and oxygen atoms in total. The van der Waals surface area contributed by atoms with Gasteiger partial charge in [-0.05, 0) is 31.0 Å². The van der Waals surface area contributed by atoms with Crippen LogP contribution in [0.25, 0.3) is 0 Å². The van der Waals surface area contributed by atoms with Gasteiger partial charge in [0.25, 0.3) is 0 Å². The van der Waals surface area contributed by atoms with Crippen molar-refractivity contribution in [2.24, 2.45) is 5.73 Å². The maximum atomic E-state index is 13.0. The number of hydrogen-bond acceptors (Lipinski definition) is 3. The highest BCUT2D eigenvalue weighted by atomic mass is 35.5. The van der Waals surface area contributed by atoms with Gasteiger partial charge in [-0.25, -0.2) is 13.1 Å². The Labute approximate surface area is 131 Å². The molecule has 0 heterocycles. The van der Waals surface area contributed by atoms with Crippen LogP contribution in [0.1, 0.15) is 31.2 Å². The molecule has 2 rings (SSSR count). The van der Waals surface area contributed by atoms with E-state index < -0.39 is 38.7 Å². The number of rotatable bonds is 3. The summed E-state index contributed by atoms with van der Waals surface area (Å²) in [5.74, 6) is 0. The van der Waals surface area contributed by atoms with Crippen molar-refractivity contribution >= 4 is 21.6 Å². The zero-order valence-electron chi connectivity index (χ0n) is 11.5. The second-order valence-electron chi connectivity index (χ2n) is 5.31. The lowest BCUT2D eigenvalue weighted by atomic mass is 9.92. The summed E-state index contributed by atoms with van der Waals surface area (Å²) < 4.78 is 66.0. The third-order valence-electron chi connectivity index (χ3n) is 3.66. The van der Waals surface area contributed by atoms with Crippen molar-refractivity contribution in [2.75, 3.05) is 0 Å². The highest BCUT2D eigenvalue weighted by Gasteiger charge is 2.38. The largest absolute Gasteiger partial charge is 0.417 e. The van der Waals surface area contributed by atoms with Crippen molar-refractivity contribution in [3.05, 3.63) is 28.8 Å². The van der Waals surface area contributed by atoms with Crippen LogP contribution in [0.15, 0.2) is 23.1 Å². The molecule has 1 aromatic rings. The third kappa shape index (κ3) is 3.92. The van der Waals surface area contributed by atoms with Crippen molar-refractivity contribution in [1.82, 2.24) is 4.72 Å². The van der Waals surface area contributed by atoms with Crippen LogP contribution in [0.4, 0.5) is 13.2 Å². The van der Waals surface area contributed by atoms with E-state index in [1.165, 1.54) is 0 Å². The van der Waals surface area contributed by atoms with Crippen LogP contribution in [0.2, 0.25) is 5.02 Å². The molecule has 3 N–H and O–H groups in total. The van der Waals surface area contributed by atoms with Gasteiger partial charge < -0.3 is 5.73 Å². The van der Waals surface area contributed by atoms with Gasteiger partial charge in [0.1, 0.15) is 0 Å². The third-order valence-corrected chi connectivity index (χ3v) is 5.45. The van der Waals surface area contributed by atoms with E-state index in [4.69, 9.17) is 17.3 Å². The summed E-state index contributed by atoms with van der Waals surface area (Å²) in [5, 5.41) is -0.180. The molecule has 1 aliphatic carbocycles. The van der Waals surface area contributed by atoms with Gasteiger partial charge in [-0.1, -0.05) is 24.4 Å². The minimum Gasteiger partial charge on any atom is -0.326 e. The summed E-state index contributed by atoms with van der Waals surface area (Å²) in [6.07, 6.45) is -2.00. The number of alkyl halides is 3. The van der Waals surface area contributed by atoms with Crippen LogP contribution in [0.3, 0.4) is 0 Å². The van der Waals surface area contributed by atoms with E-state index in [0.717, 1.165) is 25.0 Å². The predicted molar refractivity (Wildman–Crippen MR) is 77.0 cm³/mol. The van der Waals surface area contributed by atoms with E-state index >= 15 is 0 Å². The molecule has 0 spiro atoms. The minimum atomic E-state index is -4.82. The van der Waals surface area contributed by atoms with Crippen LogP contribution in [-0.4, -0.2) is 20.5 Å². The van der Waals surface area contributed by atoms with E-state index in [-0.39, 0.29) is 5.02 Å². The average molecular weight is 357 g/mol. The van der Waals surface area contributed by atoms with Crippen molar-refractivity contribution in [1.29, 1.82) is 0 Å². The molecule has 1 fully saturated rings. The van der Waals surface area contributed by atoms with Crippen molar-refractivity contribution in [3.8, 4) is 0 Å². The molecular formula is C13H16ClF3N2O2S. The number of nitrogens with two attached hydrogens (primary N) is 1. The van der Waals surface area contributed by atoms with Gasteiger partial charge in [0.2, 0.25) is 10.0 Å². The van der Waals surface area contributed by atoms with E-state index in [1.807, 2.05) is 0 Å². The minimum absolute atomic E-state index is 0.180. The second-order valence-corrected chi connectivity index (χ2v) is 7.43. The SMILES string of the molecule is N[C@@H]1CCCC[C@H]1NS(=O)(=O)c1ccc(Cl)cc1C(F)(F)F. The van der Waals surface area contributed by atoms with Crippen molar-refractivity contribution < 1.29 is 21.6 Å². The Bertz CT molecular complexity index is 649. The van der Waals surface area contributed by atoms with Gasteiger partial charge in [-0.2, -0.15) is 13.2 Å². The predicted octanol–water partition coefficient (Wildman–Crippen LogP) is 2.91. The van der Waals surface area contributed by atoms with E-state index in [9.17, 15) is 21.6 Å². The van der Waals surface area contributed by atoms with Crippen molar-refractivity contribution in [2.45, 2.75) is 48.8 Å². The monoisotopic (exact) mass is 356 g/mol. The van der Waals surface area contributed by atoms with Crippen LogP contribution in [-0.2, 0) is 16.2 Å².